The molecule has 0 unspecified atom stereocenters. The van der Waals surface area contributed by atoms with Gasteiger partial charge in [-0.25, -0.2) is 22.0 Å². The van der Waals surface area contributed by atoms with E-state index in [0.29, 0.717) is 24.7 Å². The summed E-state index contributed by atoms with van der Waals surface area (Å²) in [7, 11) is 0. The second-order valence-electron chi connectivity index (χ2n) is 10.5. The van der Waals surface area contributed by atoms with Crippen molar-refractivity contribution in [2.24, 2.45) is 11.7 Å². The van der Waals surface area contributed by atoms with Crippen LogP contribution in [0.1, 0.15) is 42.1 Å². The Bertz CT molecular complexity index is 1400. The van der Waals surface area contributed by atoms with Crippen LogP contribution in [0, 0.1) is 29.2 Å². The first kappa shape index (κ1) is 28.0. The van der Waals surface area contributed by atoms with Crippen molar-refractivity contribution in [3.8, 4) is 11.1 Å². The lowest BCUT2D eigenvalue weighted by atomic mass is 9.86. The van der Waals surface area contributed by atoms with Crippen LogP contribution in [0.4, 0.5) is 33.3 Å². The van der Waals surface area contributed by atoms with Gasteiger partial charge < -0.3 is 20.7 Å². The van der Waals surface area contributed by atoms with Crippen molar-refractivity contribution in [3.63, 3.8) is 0 Å². The van der Waals surface area contributed by atoms with Crippen LogP contribution in [0.5, 0.6) is 0 Å². The Kier molecular flexibility index (Phi) is 7.78. The molecule has 1 amide bonds. The minimum Gasteiger partial charge on any atom is -0.381 e. The maximum absolute atomic E-state index is 15.7. The van der Waals surface area contributed by atoms with Crippen LogP contribution in [-0.2, 0) is 10.4 Å². The fourth-order valence-corrected chi connectivity index (χ4v) is 5.56. The maximum Gasteiger partial charge on any atom is 0.258 e. The van der Waals surface area contributed by atoms with Crippen LogP contribution in [-0.4, -0.2) is 43.2 Å². The molecule has 6 nitrogen and oxygen atoms in total. The van der Waals surface area contributed by atoms with Gasteiger partial charge in [0, 0.05) is 51.4 Å². The average Bonchev–Trinajstić information content (AvgIpc) is 2.90. The molecule has 3 aromatic rings. The van der Waals surface area contributed by atoms with Crippen molar-refractivity contribution in [3.05, 3.63) is 77.1 Å². The molecule has 5 rings (SSSR count). The summed E-state index contributed by atoms with van der Waals surface area (Å²) in [5.41, 5.74) is 2.03. The number of nitrogens with one attached hydrogen (secondary N) is 1. The molecule has 2 fully saturated rings. The van der Waals surface area contributed by atoms with Gasteiger partial charge in [-0.2, -0.15) is 0 Å². The number of nitrogens with two attached hydrogens (primary N) is 1. The molecule has 40 heavy (non-hydrogen) atoms. The van der Waals surface area contributed by atoms with Crippen LogP contribution in [0.15, 0.2) is 42.7 Å². The number of benzene rings is 2. The third kappa shape index (κ3) is 5.40. The summed E-state index contributed by atoms with van der Waals surface area (Å²) in [5, 5.41) is 2.58. The zero-order valence-electron chi connectivity index (χ0n) is 21.8. The SMILES string of the molecule is C[C@@H]1C[C@H](N)CN(c2ccncc2NC(=O)c2ccc(F)c(-c3c(F)cc(C4(F)CCOCC4)cc3F)c2F)C1. The molecule has 3 N–H and O–H groups in total. The largest absolute Gasteiger partial charge is 0.381 e. The number of amides is 1. The van der Waals surface area contributed by atoms with Gasteiger partial charge >= 0.3 is 0 Å². The molecular weight excluding hydrogens is 531 g/mol. The number of hydrogen-bond acceptors (Lipinski definition) is 5. The summed E-state index contributed by atoms with van der Waals surface area (Å²) in [6.07, 6.45) is 3.57. The predicted molar refractivity (Wildman–Crippen MR) is 141 cm³/mol. The lowest BCUT2D eigenvalue weighted by molar-refractivity contribution is -0.0117. The minimum atomic E-state index is -2.03. The third-order valence-corrected chi connectivity index (χ3v) is 7.51. The van der Waals surface area contributed by atoms with Gasteiger partial charge in [-0.05, 0) is 48.2 Å². The highest BCUT2D eigenvalue weighted by atomic mass is 19.2. The molecule has 2 aromatic carbocycles. The molecule has 2 aliphatic rings. The predicted octanol–water partition coefficient (Wildman–Crippen LogP) is 5.71. The molecule has 2 saturated heterocycles. The fraction of sp³-hybridized carbons (Fsp3) is 0.379. The Morgan fingerprint density at radius 3 is 2.42 bits per heavy atom. The normalized spacial score (nSPS) is 20.8. The van der Waals surface area contributed by atoms with E-state index in [1.54, 1.807) is 12.3 Å². The topological polar surface area (TPSA) is 80.5 Å². The number of hydrogen-bond donors (Lipinski definition) is 2. The fourth-order valence-electron chi connectivity index (χ4n) is 5.56. The number of ether oxygens (including phenoxy) is 1. The standard InChI is InChI=1S/C29H29F5N4O2/c1-16-10-18(35)15-38(14-16)24-4-7-36-13-23(24)37-28(39)19-2-3-20(30)26(27(19)33)25-21(31)11-17(12-22(25)32)29(34)5-8-40-9-6-29/h2-4,7,11-13,16,18H,5-6,8-10,14-15,35H2,1H3,(H,37,39)/t16-,18+/m1/s1. The van der Waals surface area contributed by atoms with Gasteiger partial charge in [-0.15, -0.1) is 0 Å². The van der Waals surface area contributed by atoms with Gasteiger partial charge in [-0.1, -0.05) is 6.92 Å². The van der Waals surface area contributed by atoms with E-state index >= 15 is 17.6 Å². The molecule has 0 aliphatic carbocycles. The summed E-state index contributed by atoms with van der Waals surface area (Å²) in [5.74, 6) is -6.10. The zero-order valence-corrected chi connectivity index (χ0v) is 21.8. The summed E-state index contributed by atoms with van der Waals surface area (Å²) < 4.78 is 81.3. The lowest BCUT2D eigenvalue weighted by Crippen LogP contribution is -2.46. The first-order valence-corrected chi connectivity index (χ1v) is 13.1. The van der Waals surface area contributed by atoms with E-state index in [1.165, 1.54) is 6.20 Å². The van der Waals surface area contributed by atoms with Crippen LogP contribution < -0.4 is 16.0 Å². The molecule has 1 aromatic heterocycles. The van der Waals surface area contributed by atoms with E-state index in [0.717, 1.165) is 30.7 Å². The van der Waals surface area contributed by atoms with E-state index in [4.69, 9.17) is 10.5 Å². The van der Waals surface area contributed by atoms with Crippen molar-refractivity contribution in [2.45, 2.75) is 37.9 Å². The smallest absolute Gasteiger partial charge is 0.258 e. The highest BCUT2D eigenvalue weighted by molar-refractivity contribution is 6.06. The van der Waals surface area contributed by atoms with Crippen molar-refractivity contribution in [2.75, 3.05) is 36.5 Å². The monoisotopic (exact) mass is 560 g/mol. The molecule has 0 bridgehead atoms. The number of nitrogens with zero attached hydrogens (tertiary/aromatic N) is 2. The Labute approximate surface area is 228 Å². The molecule has 0 spiro atoms. The number of carbonyl (C=O) groups excluding carboxylic acids is 1. The van der Waals surface area contributed by atoms with Crippen molar-refractivity contribution in [1.29, 1.82) is 0 Å². The van der Waals surface area contributed by atoms with Gasteiger partial charge in [0.2, 0.25) is 0 Å². The van der Waals surface area contributed by atoms with Gasteiger partial charge in [0.15, 0.2) is 0 Å². The van der Waals surface area contributed by atoms with Crippen LogP contribution >= 0.6 is 0 Å². The average molecular weight is 561 g/mol. The number of pyridine rings is 1. The summed E-state index contributed by atoms with van der Waals surface area (Å²) in [6.45, 7) is 3.42. The molecular formula is C29H29F5N4O2. The van der Waals surface area contributed by atoms with E-state index in [2.05, 4.69) is 17.2 Å². The molecule has 0 saturated carbocycles. The maximum atomic E-state index is 15.7. The van der Waals surface area contributed by atoms with Gasteiger partial charge in [-0.3, -0.25) is 9.78 Å². The van der Waals surface area contributed by atoms with Crippen molar-refractivity contribution < 1.29 is 31.5 Å². The van der Waals surface area contributed by atoms with Crippen molar-refractivity contribution in [1.82, 2.24) is 4.98 Å². The number of piperidine rings is 1. The number of halogens is 5. The Balaban J connectivity index is 1.47. The minimum absolute atomic E-state index is 0.0736. The second kappa shape index (κ2) is 11.1. The number of carbonyl (C=O) groups is 1. The third-order valence-electron chi connectivity index (χ3n) is 7.51. The summed E-state index contributed by atoms with van der Waals surface area (Å²) in [4.78, 5) is 19.2. The number of anilines is 2. The highest BCUT2D eigenvalue weighted by Gasteiger charge is 2.36. The van der Waals surface area contributed by atoms with E-state index in [9.17, 15) is 9.18 Å². The van der Waals surface area contributed by atoms with Gasteiger partial charge in [0.05, 0.1) is 34.3 Å². The Morgan fingerprint density at radius 1 is 1.05 bits per heavy atom. The molecule has 2 atom stereocenters. The van der Waals surface area contributed by atoms with Crippen molar-refractivity contribution >= 4 is 17.3 Å². The summed E-state index contributed by atoms with van der Waals surface area (Å²) >= 11 is 0. The molecule has 11 heteroatoms. The summed E-state index contributed by atoms with van der Waals surface area (Å²) in [6, 6.07) is 4.73. The van der Waals surface area contributed by atoms with E-state index in [-0.39, 0.29) is 43.3 Å². The van der Waals surface area contributed by atoms with Crippen LogP contribution in [0.2, 0.25) is 0 Å². The van der Waals surface area contributed by atoms with E-state index in [1.807, 2.05) is 4.90 Å². The van der Waals surface area contributed by atoms with Crippen LogP contribution in [0.3, 0.4) is 0 Å². The highest BCUT2D eigenvalue weighted by Crippen LogP contribution is 2.40. The van der Waals surface area contributed by atoms with E-state index < -0.39 is 51.5 Å². The molecule has 212 valence electrons. The molecule has 3 heterocycles. The molecule has 0 radical (unpaired) electrons. The molecule has 2 aliphatic heterocycles. The number of rotatable bonds is 5. The first-order chi connectivity index (χ1) is 19.1. The number of aromatic nitrogens is 1. The zero-order chi connectivity index (χ0) is 28.6. The Hall–Kier alpha value is -3.57. The van der Waals surface area contributed by atoms with Gasteiger partial charge in [0.1, 0.15) is 28.9 Å². The van der Waals surface area contributed by atoms with Gasteiger partial charge in [0.25, 0.3) is 5.91 Å². The van der Waals surface area contributed by atoms with Crippen LogP contribution in [0.25, 0.3) is 11.1 Å². The lowest BCUT2D eigenvalue weighted by Gasteiger charge is -2.37. The Morgan fingerprint density at radius 2 is 1.75 bits per heavy atom. The second-order valence-corrected chi connectivity index (χ2v) is 10.5. The quantitative estimate of drug-likeness (QED) is 0.391. The first-order valence-electron chi connectivity index (χ1n) is 13.1. The number of alkyl halides is 1.